The third-order valence-corrected chi connectivity index (χ3v) is 8.88. The molecule has 0 N–H and O–H groups in total. The Kier molecular flexibility index (Phi) is 12.2. The zero-order valence-electron chi connectivity index (χ0n) is 8.90. The summed E-state index contributed by atoms with van der Waals surface area (Å²) in [4.78, 5) is 0. The number of rotatable bonds is 10. The molecule has 0 aromatic carbocycles. The predicted molar refractivity (Wildman–Crippen MR) is 88.4 cm³/mol. The Morgan fingerprint density at radius 1 is 0.941 bits per heavy atom. The van der Waals surface area contributed by atoms with Crippen molar-refractivity contribution in [3.8, 4) is 0 Å². The molecule has 0 amide bonds. The van der Waals surface area contributed by atoms with Gasteiger partial charge in [-0.2, -0.15) is 0 Å². The molecular weight excluding hydrogens is 372 g/mol. The molecule has 0 saturated carbocycles. The minimum absolute atomic E-state index is 0.0701. The molecule has 6 unspecified atom stereocenters. The molecule has 6 atom stereocenters. The molecule has 12 heteroatoms. The van der Waals surface area contributed by atoms with Gasteiger partial charge in [0.25, 0.3) is 0 Å². The highest BCUT2D eigenvalue weighted by atomic mass is 32.0. The normalized spacial score (nSPS) is 18.2. The highest BCUT2D eigenvalue weighted by Gasteiger charge is 2.42. The van der Waals surface area contributed by atoms with Gasteiger partial charge in [0.15, 0.2) is 28.6 Å². The maximum absolute atomic E-state index is 11.4. The Balaban J connectivity index is 4.86. The van der Waals surface area contributed by atoms with Gasteiger partial charge in [0, 0.05) is 0 Å². The van der Waals surface area contributed by atoms with Crippen molar-refractivity contribution < 1.29 is 18.3 Å². The molecule has 0 aliphatic heterocycles. The van der Waals surface area contributed by atoms with Gasteiger partial charge in [-0.3, -0.25) is 9.13 Å². The lowest BCUT2D eigenvalue weighted by molar-refractivity contribution is 0.487. The molecule has 0 fully saturated rings. The van der Waals surface area contributed by atoms with Crippen LogP contribution < -0.4 is 0 Å². The third-order valence-electron chi connectivity index (χ3n) is 2.02. The second-order valence-corrected chi connectivity index (χ2v) is 14.0. The lowest BCUT2D eigenvalue weighted by atomic mass is 9.99. The lowest BCUT2D eigenvalue weighted by Crippen LogP contribution is -2.30. The summed E-state index contributed by atoms with van der Waals surface area (Å²) >= 11 is 0. The average molecular weight is 386 g/mol. The van der Waals surface area contributed by atoms with Crippen LogP contribution in [0, 0.1) is 5.41 Å². The molecule has 17 heavy (non-hydrogen) atoms. The Bertz CT molecular complexity index is 276. The molecule has 0 aromatic heterocycles. The highest BCUT2D eigenvalue weighted by molar-refractivity contribution is 8.08. The van der Waals surface area contributed by atoms with Gasteiger partial charge in [0.2, 0.25) is 0 Å². The second-order valence-electron chi connectivity index (χ2n) is 3.50. The molecule has 96 valence electrons. The van der Waals surface area contributed by atoms with Crippen LogP contribution in [0.2, 0.25) is 0 Å². The van der Waals surface area contributed by atoms with E-state index in [0.717, 1.165) is 0 Å². The van der Waals surface area contributed by atoms with Crippen LogP contribution >= 0.6 is 65.7 Å². The van der Waals surface area contributed by atoms with E-state index in [2.05, 4.69) is 17.9 Å². The van der Waals surface area contributed by atoms with Crippen LogP contribution in [-0.2, 0) is 18.3 Å². The van der Waals surface area contributed by atoms with Crippen LogP contribution in [0.5, 0.6) is 0 Å². The van der Waals surface area contributed by atoms with Gasteiger partial charge in [-0.15, -0.1) is 0 Å². The summed E-state index contributed by atoms with van der Waals surface area (Å²) in [5.41, 5.74) is -0.351. The number of hydrogen-bond donors (Lipinski definition) is 0. The van der Waals surface area contributed by atoms with Gasteiger partial charge < -0.3 is 0 Å². The molecule has 0 heterocycles. The summed E-state index contributed by atoms with van der Waals surface area (Å²) in [6, 6.07) is 0. The fraction of sp³-hybridized carbons (Fsp3) is 1.00. The summed E-state index contributed by atoms with van der Waals surface area (Å²) < 4.78 is 44.0. The van der Waals surface area contributed by atoms with E-state index < -0.39 is 15.0 Å². The van der Waals surface area contributed by atoms with Crippen LogP contribution in [0.25, 0.3) is 0 Å². The quantitative estimate of drug-likeness (QED) is 0.497. The molecule has 4 nitrogen and oxygen atoms in total. The van der Waals surface area contributed by atoms with E-state index in [-0.39, 0.29) is 38.3 Å². The summed E-state index contributed by atoms with van der Waals surface area (Å²) in [6.45, 7) is 0. The molecule has 0 aromatic rings. The standard InChI is InChI=1S/C5H14O4P8/c6-14-12-1-5(2-13-15-7,3-16(8)10)4-17(9)11/h12-13H,1-4,10-11H2/q+2. The summed E-state index contributed by atoms with van der Waals surface area (Å²) in [6.07, 6.45) is 2.14. The third kappa shape index (κ3) is 9.62. The molecule has 0 radical (unpaired) electrons. The maximum atomic E-state index is 11.4. The summed E-state index contributed by atoms with van der Waals surface area (Å²) in [7, 11) is 2.26. The first-order valence-corrected chi connectivity index (χ1v) is 16.3. The van der Waals surface area contributed by atoms with Crippen molar-refractivity contribution in [2.45, 2.75) is 0 Å². The molecule has 0 rings (SSSR count). The molecule has 0 saturated heterocycles. The smallest absolute Gasteiger partial charge is 0.270 e. The van der Waals surface area contributed by atoms with Crippen LogP contribution in [0.4, 0.5) is 0 Å². The van der Waals surface area contributed by atoms with Gasteiger partial charge in [0.1, 0.15) is 17.9 Å². The molecule has 0 bridgehead atoms. The zero-order valence-corrected chi connectivity index (χ0v) is 16.8. The van der Waals surface area contributed by atoms with Gasteiger partial charge in [0.05, 0.1) is 5.41 Å². The van der Waals surface area contributed by atoms with Crippen molar-refractivity contribution in [3.05, 3.63) is 0 Å². The monoisotopic (exact) mass is 386 g/mol. The van der Waals surface area contributed by atoms with E-state index in [1.165, 1.54) is 0 Å². The van der Waals surface area contributed by atoms with E-state index >= 15 is 0 Å². The fourth-order valence-electron chi connectivity index (χ4n) is 1.40. The average Bonchev–Trinajstić information content (AvgIpc) is 2.22. The van der Waals surface area contributed by atoms with E-state index in [0.29, 0.717) is 24.6 Å². The minimum Gasteiger partial charge on any atom is -0.270 e. The Morgan fingerprint density at radius 3 is 1.53 bits per heavy atom. The van der Waals surface area contributed by atoms with Crippen molar-refractivity contribution in [1.82, 2.24) is 0 Å². The Hall–Kier alpha value is 2.12. The maximum Gasteiger partial charge on any atom is 0.349 e. The van der Waals surface area contributed by atoms with Gasteiger partial charge in [-0.05, 0) is 28.9 Å². The second kappa shape index (κ2) is 10.9. The minimum atomic E-state index is -1.42. The van der Waals surface area contributed by atoms with Crippen molar-refractivity contribution in [1.29, 1.82) is 0 Å². The number of hydrogen-bond acceptors (Lipinski definition) is 4. The summed E-state index contributed by atoms with van der Waals surface area (Å²) in [5.74, 6) is 0. The molecule has 0 spiro atoms. The van der Waals surface area contributed by atoms with Gasteiger partial charge in [-0.25, -0.2) is 0 Å². The largest absolute Gasteiger partial charge is 0.349 e. The Labute approximate surface area is 114 Å². The molecule has 0 aliphatic rings. The van der Waals surface area contributed by atoms with E-state index in [1.54, 1.807) is 0 Å². The van der Waals surface area contributed by atoms with E-state index in [1.807, 2.05) is 0 Å². The van der Waals surface area contributed by atoms with E-state index in [4.69, 9.17) is 0 Å². The fourth-order valence-corrected chi connectivity index (χ4v) is 10.9. The van der Waals surface area contributed by atoms with Gasteiger partial charge in [-0.1, -0.05) is 9.13 Å². The van der Waals surface area contributed by atoms with Crippen molar-refractivity contribution in [2.75, 3.05) is 24.6 Å². The van der Waals surface area contributed by atoms with Crippen molar-refractivity contribution in [2.24, 2.45) is 5.41 Å². The Morgan fingerprint density at radius 2 is 1.29 bits per heavy atom. The topological polar surface area (TPSA) is 68.3 Å². The molecular formula is C5H14O4P8+2. The first kappa shape index (κ1) is 19.1. The highest BCUT2D eigenvalue weighted by Crippen LogP contribution is 2.52. The van der Waals surface area contributed by atoms with Crippen LogP contribution in [0.15, 0.2) is 0 Å². The van der Waals surface area contributed by atoms with Crippen LogP contribution in [0.1, 0.15) is 0 Å². The SMILES string of the molecule is O=PPCC(CPP=O)(C[P+](=O)P)C[P+](=O)P. The molecule has 0 aliphatic carbocycles. The van der Waals surface area contributed by atoms with E-state index in [9.17, 15) is 18.3 Å². The van der Waals surface area contributed by atoms with Crippen molar-refractivity contribution in [3.63, 3.8) is 0 Å². The first-order chi connectivity index (χ1) is 7.95. The van der Waals surface area contributed by atoms with Crippen LogP contribution in [-0.4, -0.2) is 24.6 Å². The predicted octanol–water partition coefficient (Wildman–Crippen LogP) is 4.98. The van der Waals surface area contributed by atoms with Crippen LogP contribution in [0.3, 0.4) is 0 Å². The first-order valence-electron chi connectivity index (χ1n) is 4.45. The zero-order chi connectivity index (χ0) is 13.3. The van der Waals surface area contributed by atoms with Crippen molar-refractivity contribution >= 4 is 65.7 Å². The lowest BCUT2D eigenvalue weighted by Gasteiger charge is -2.22. The van der Waals surface area contributed by atoms with Gasteiger partial charge >= 0.3 is 15.0 Å². The summed E-state index contributed by atoms with van der Waals surface area (Å²) in [5, 5.41) is 0.